The summed E-state index contributed by atoms with van der Waals surface area (Å²) in [5.41, 5.74) is 8.15. The zero-order chi connectivity index (χ0) is 20.2. The Morgan fingerprint density at radius 2 is 1.93 bits per heavy atom. The number of halogens is 1. The number of primary amides is 1. The van der Waals surface area contributed by atoms with E-state index in [-0.39, 0.29) is 11.4 Å². The van der Waals surface area contributed by atoms with Gasteiger partial charge in [-0.2, -0.15) is 10.2 Å². The van der Waals surface area contributed by atoms with E-state index in [0.29, 0.717) is 28.8 Å². The first-order valence-corrected chi connectivity index (χ1v) is 9.11. The van der Waals surface area contributed by atoms with E-state index in [1.54, 1.807) is 6.07 Å². The minimum Gasteiger partial charge on any atom is -0.365 e. The summed E-state index contributed by atoms with van der Waals surface area (Å²) in [6.07, 6.45) is 1.87. The third-order valence-electron chi connectivity index (χ3n) is 4.18. The van der Waals surface area contributed by atoms with E-state index in [4.69, 9.17) is 17.3 Å². The van der Waals surface area contributed by atoms with E-state index in [1.807, 2.05) is 48.5 Å². The largest absolute Gasteiger partial charge is 0.365 e. The molecule has 0 saturated heterocycles. The third-order valence-corrected chi connectivity index (χ3v) is 4.42. The van der Waals surface area contributed by atoms with E-state index in [0.717, 1.165) is 11.1 Å². The number of carbonyl (C=O) groups excluding carboxylic acids is 1. The highest BCUT2D eigenvalue weighted by molar-refractivity contribution is 6.30. The van der Waals surface area contributed by atoms with Crippen LogP contribution in [0.2, 0.25) is 5.02 Å². The van der Waals surface area contributed by atoms with Crippen molar-refractivity contribution >= 4 is 29.5 Å². The molecule has 4 N–H and O–H groups in total. The summed E-state index contributed by atoms with van der Waals surface area (Å²) in [6, 6.07) is 16.9. The maximum atomic E-state index is 12.0. The molecule has 2 aromatic carbocycles. The molecule has 4 aromatic rings. The minimum absolute atomic E-state index is 0.187. The molecule has 29 heavy (non-hydrogen) atoms. The third kappa shape index (κ3) is 4.22. The molecule has 4 rings (SSSR count). The first-order chi connectivity index (χ1) is 14.1. The normalized spacial score (nSPS) is 11.2. The number of H-pyrrole nitrogens is 2. The fourth-order valence-electron chi connectivity index (χ4n) is 2.87. The van der Waals surface area contributed by atoms with Crippen LogP contribution in [0.5, 0.6) is 0 Å². The van der Waals surface area contributed by atoms with Crippen molar-refractivity contribution in [1.29, 1.82) is 0 Å². The van der Waals surface area contributed by atoms with Gasteiger partial charge in [-0.25, -0.2) is 9.98 Å². The summed E-state index contributed by atoms with van der Waals surface area (Å²) in [5, 5.41) is 14.5. The Hall–Kier alpha value is -3.78. The van der Waals surface area contributed by atoms with Gasteiger partial charge in [0.2, 0.25) is 0 Å². The fourth-order valence-corrected chi connectivity index (χ4v) is 3.08. The molecule has 0 aliphatic heterocycles. The van der Waals surface area contributed by atoms with Gasteiger partial charge in [-0.15, -0.1) is 0 Å². The van der Waals surface area contributed by atoms with Crippen LogP contribution >= 0.6 is 11.6 Å². The molecule has 0 spiro atoms. The Morgan fingerprint density at radius 3 is 2.69 bits per heavy atom. The number of hydrogen-bond acceptors (Lipinski definition) is 5. The van der Waals surface area contributed by atoms with Crippen LogP contribution in [0.3, 0.4) is 0 Å². The van der Waals surface area contributed by atoms with Crippen LogP contribution in [-0.2, 0) is 6.42 Å². The first kappa shape index (κ1) is 18.6. The molecular formula is C20H16ClN7O. The molecule has 9 heteroatoms. The zero-order valence-corrected chi connectivity index (χ0v) is 15.9. The van der Waals surface area contributed by atoms with Crippen LogP contribution in [0, 0.1) is 0 Å². The van der Waals surface area contributed by atoms with Gasteiger partial charge in [-0.3, -0.25) is 15.0 Å². The van der Waals surface area contributed by atoms with Crippen molar-refractivity contribution in [2.24, 2.45) is 10.7 Å². The molecule has 2 aromatic heterocycles. The van der Waals surface area contributed by atoms with Gasteiger partial charge < -0.3 is 5.73 Å². The van der Waals surface area contributed by atoms with E-state index >= 15 is 0 Å². The summed E-state index contributed by atoms with van der Waals surface area (Å²) >= 11 is 6.03. The van der Waals surface area contributed by atoms with Crippen molar-refractivity contribution in [3.8, 4) is 11.4 Å². The Kier molecular flexibility index (Phi) is 5.17. The zero-order valence-electron chi connectivity index (χ0n) is 15.1. The SMILES string of the molecule is NC(=O)c1c(N=Cc2nc(-c3ccccc3)n[nH]2)n[nH]c1Cc1cccc(Cl)c1. The molecule has 0 unspecified atom stereocenters. The van der Waals surface area contributed by atoms with Gasteiger partial charge in [-0.1, -0.05) is 54.1 Å². The van der Waals surface area contributed by atoms with Crippen molar-refractivity contribution in [2.45, 2.75) is 6.42 Å². The number of aromatic nitrogens is 5. The standard InChI is InChI=1S/C20H16ClN7O/c21-14-8-4-5-12(9-14)10-15-17(18(22)29)20(28-25-15)23-11-16-24-19(27-26-16)13-6-2-1-3-7-13/h1-9,11H,10H2,(H2,22,29)(H,25,28)(H,24,26,27). The summed E-state index contributed by atoms with van der Waals surface area (Å²) in [4.78, 5) is 20.6. The van der Waals surface area contributed by atoms with Gasteiger partial charge in [0.05, 0.1) is 11.9 Å². The van der Waals surface area contributed by atoms with Gasteiger partial charge in [0.1, 0.15) is 5.56 Å². The van der Waals surface area contributed by atoms with Crippen LogP contribution in [0.15, 0.2) is 59.6 Å². The summed E-state index contributed by atoms with van der Waals surface area (Å²) in [6.45, 7) is 0. The van der Waals surface area contributed by atoms with E-state index in [2.05, 4.69) is 30.4 Å². The second kappa shape index (κ2) is 8.07. The fraction of sp³-hybridized carbons (Fsp3) is 0.0500. The number of nitrogens with zero attached hydrogens (tertiary/aromatic N) is 4. The van der Waals surface area contributed by atoms with Crippen LogP contribution in [0.1, 0.15) is 27.4 Å². The lowest BCUT2D eigenvalue weighted by Crippen LogP contribution is -2.13. The molecule has 0 saturated carbocycles. The highest BCUT2D eigenvalue weighted by Crippen LogP contribution is 2.23. The monoisotopic (exact) mass is 405 g/mol. The van der Waals surface area contributed by atoms with Crippen LogP contribution < -0.4 is 5.73 Å². The summed E-state index contributed by atoms with van der Waals surface area (Å²) in [5.74, 6) is 0.544. The summed E-state index contributed by atoms with van der Waals surface area (Å²) in [7, 11) is 0. The number of benzene rings is 2. The van der Waals surface area contributed by atoms with Crippen molar-refractivity contribution in [2.75, 3.05) is 0 Å². The van der Waals surface area contributed by atoms with Gasteiger partial charge in [0, 0.05) is 17.0 Å². The lowest BCUT2D eigenvalue weighted by Gasteiger charge is -2.02. The molecular weight excluding hydrogens is 390 g/mol. The molecule has 2 heterocycles. The van der Waals surface area contributed by atoms with Crippen LogP contribution in [0.25, 0.3) is 11.4 Å². The Bertz CT molecular complexity index is 1180. The second-order valence-electron chi connectivity index (χ2n) is 6.24. The van der Waals surface area contributed by atoms with E-state index in [9.17, 15) is 4.79 Å². The average molecular weight is 406 g/mol. The minimum atomic E-state index is -0.620. The Labute approximate surface area is 170 Å². The topological polar surface area (TPSA) is 126 Å². The number of carbonyl (C=O) groups is 1. The molecule has 0 aliphatic carbocycles. The highest BCUT2D eigenvalue weighted by atomic mass is 35.5. The molecule has 0 atom stereocenters. The predicted octanol–water partition coefficient (Wildman–Crippen LogP) is 3.29. The summed E-state index contributed by atoms with van der Waals surface area (Å²) < 4.78 is 0. The Balaban J connectivity index is 1.58. The molecule has 0 radical (unpaired) electrons. The van der Waals surface area contributed by atoms with Crippen molar-refractivity contribution in [1.82, 2.24) is 25.4 Å². The predicted molar refractivity (Wildman–Crippen MR) is 110 cm³/mol. The second-order valence-corrected chi connectivity index (χ2v) is 6.68. The quantitative estimate of drug-likeness (QED) is 0.425. The molecule has 0 aliphatic rings. The van der Waals surface area contributed by atoms with E-state index in [1.165, 1.54) is 6.21 Å². The lowest BCUT2D eigenvalue weighted by atomic mass is 10.1. The number of amides is 1. The molecule has 144 valence electrons. The Morgan fingerprint density at radius 1 is 1.10 bits per heavy atom. The maximum absolute atomic E-state index is 12.0. The van der Waals surface area contributed by atoms with Gasteiger partial charge >= 0.3 is 0 Å². The van der Waals surface area contributed by atoms with Gasteiger partial charge in [0.15, 0.2) is 17.5 Å². The molecule has 0 bridgehead atoms. The number of aliphatic imine (C=N–C) groups is 1. The van der Waals surface area contributed by atoms with Crippen LogP contribution in [-0.4, -0.2) is 37.5 Å². The van der Waals surface area contributed by atoms with Crippen molar-refractivity contribution < 1.29 is 4.79 Å². The highest BCUT2D eigenvalue weighted by Gasteiger charge is 2.18. The van der Waals surface area contributed by atoms with Gasteiger partial charge in [-0.05, 0) is 17.7 Å². The number of hydrogen-bond donors (Lipinski definition) is 3. The van der Waals surface area contributed by atoms with E-state index < -0.39 is 5.91 Å². The number of rotatable bonds is 6. The number of nitrogens with two attached hydrogens (primary N) is 1. The number of aromatic amines is 2. The molecule has 0 fully saturated rings. The van der Waals surface area contributed by atoms with Gasteiger partial charge in [0.25, 0.3) is 5.91 Å². The smallest absolute Gasteiger partial charge is 0.254 e. The first-order valence-electron chi connectivity index (χ1n) is 8.73. The lowest BCUT2D eigenvalue weighted by molar-refractivity contribution is 0.100. The van der Waals surface area contributed by atoms with Crippen molar-refractivity contribution in [3.63, 3.8) is 0 Å². The molecule has 1 amide bonds. The van der Waals surface area contributed by atoms with Crippen LogP contribution in [0.4, 0.5) is 5.82 Å². The average Bonchev–Trinajstić information content (AvgIpc) is 3.34. The van der Waals surface area contributed by atoms with Crippen molar-refractivity contribution in [3.05, 3.63) is 82.3 Å². The number of nitrogens with one attached hydrogen (secondary N) is 2. The molecule has 8 nitrogen and oxygen atoms in total. The maximum Gasteiger partial charge on any atom is 0.254 e.